The van der Waals surface area contributed by atoms with Crippen molar-refractivity contribution in [2.24, 2.45) is 0 Å². The molecule has 0 amide bonds. The van der Waals surface area contributed by atoms with Crippen LogP contribution in [0.25, 0.3) is 11.3 Å². The molecule has 0 atom stereocenters. The highest BCUT2D eigenvalue weighted by Gasteiger charge is 2.40. The van der Waals surface area contributed by atoms with Crippen LogP contribution in [0.5, 0.6) is 0 Å². The topological polar surface area (TPSA) is 55.0 Å². The molecule has 0 unspecified atom stereocenters. The molecule has 1 aromatic carbocycles. The zero-order valence-corrected chi connectivity index (χ0v) is 12.6. The van der Waals surface area contributed by atoms with E-state index in [-0.39, 0.29) is 11.6 Å². The second kappa shape index (κ2) is 4.66. The van der Waals surface area contributed by atoms with E-state index in [1.54, 1.807) is 19.9 Å². The minimum atomic E-state index is -0.438. The second-order valence-corrected chi connectivity index (χ2v) is 6.12. The van der Waals surface area contributed by atoms with Crippen molar-refractivity contribution < 1.29 is 13.9 Å². The minimum Gasteiger partial charge on any atom is -0.460 e. The van der Waals surface area contributed by atoms with Gasteiger partial charge in [-0.1, -0.05) is 0 Å². The fraction of sp³-hybridized carbons (Fsp3) is 0.412. The van der Waals surface area contributed by atoms with E-state index in [9.17, 15) is 9.18 Å². The van der Waals surface area contributed by atoms with E-state index < -0.39 is 5.97 Å². The maximum absolute atomic E-state index is 13.9. The van der Waals surface area contributed by atoms with Gasteiger partial charge in [-0.05, 0) is 55.9 Å². The van der Waals surface area contributed by atoms with Crippen LogP contribution in [0.2, 0.25) is 0 Å². The Morgan fingerprint density at radius 1 is 1.41 bits per heavy atom. The SMILES string of the molecule is CCOC(=O)c1nc2c([nH]1)C1CC(C1)c1cc(F)c(C)cc1-2. The van der Waals surface area contributed by atoms with E-state index in [4.69, 9.17) is 4.74 Å². The first kappa shape index (κ1) is 13.5. The van der Waals surface area contributed by atoms with Gasteiger partial charge in [0.25, 0.3) is 0 Å². The van der Waals surface area contributed by atoms with Crippen LogP contribution in [-0.4, -0.2) is 22.5 Å². The molecule has 2 aromatic rings. The molecule has 1 heterocycles. The Labute approximate surface area is 127 Å². The van der Waals surface area contributed by atoms with Crippen molar-refractivity contribution >= 4 is 5.97 Å². The lowest BCUT2D eigenvalue weighted by Gasteiger charge is -2.33. The monoisotopic (exact) mass is 300 g/mol. The molecule has 5 heteroatoms. The van der Waals surface area contributed by atoms with Crippen molar-refractivity contribution in [3.63, 3.8) is 0 Å². The number of aromatic nitrogens is 2. The lowest BCUT2D eigenvalue weighted by atomic mass is 9.71. The van der Waals surface area contributed by atoms with Crippen molar-refractivity contribution in [1.29, 1.82) is 0 Å². The van der Waals surface area contributed by atoms with Gasteiger partial charge in [0.05, 0.1) is 12.3 Å². The van der Waals surface area contributed by atoms with Crippen LogP contribution >= 0.6 is 0 Å². The third kappa shape index (κ3) is 1.81. The molecule has 3 aliphatic carbocycles. The van der Waals surface area contributed by atoms with Crippen LogP contribution in [-0.2, 0) is 4.74 Å². The summed E-state index contributed by atoms with van der Waals surface area (Å²) < 4.78 is 19.0. The molecule has 1 N–H and O–H groups in total. The molecular formula is C17H17FN2O2. The molecule has 22 heavy (non-hydrogen) atoms. The number of ether oxygens (including phenoxy) is 1. The zero-order valence-electron chi connectivity index (χ0n) is 12.6. The van der Waals surface area contributed by atoms with Crippen molar-refractivity contribution in [1.82, 2.24) is 9.97 Å². The summed E-state index contributed by atoms with van der Waals surface area (Å²) in [6, 6.07) is 3.49. The van der Waals surface area contributed by atoms with Crippen molar-refractivity contribution in [3.05, 3.63) is 40.6 Å². The standard InChI is InChI=1S/C17H17FN2O2/c1-3-22-17(21)16-19-14-10-5-9(6-10)11-7-13(18)8(2)4-12(11)15(14)20-16/h4,7,9-10H,3,5-6H2,1-2H3,(H,19,20). The number of hydrogen-bond donors (Lipinski definition) is 1. The summed E-state index contributed by atoms with van der Waals surface area (Å²) in [7, 11) is 0. The van der Waals surface area contributed by atoms with Gasteiger partial charge in [0, 0.05) is 17.2 Å². The Morgan fingerprint density at radius 3 is 2.91 bits per heavy atom. The van der Waals surface area contributed by atoms with E-state index in [1.165, 1.54) is 0 Å². The van der Waals surface area contributed by atoms with E-state index in [0.29, 0.717) is 24.0 Å². The van der Waals surface area contributed by atoms with E-state index in [1.807, 2.05) is 6.07 Å². The quantitative estimate of drug-likeness (QED) is 0.861. The van der Waals surface area contributed by atoms with Crippen molar-refractivity contribution in [2.75, 3.05) is 6.61 Å². The number of carbonyl (C=O) groups is 1. The number of carbonyl (C=O) groups excluding carboxylic acids is 1. The summed E-state index contributed by atoms with van der Waals surface area (Å²) in [5.74, 6) is 0.388. The summed E-state index contributed by atoms with van der Waals surface area (Å²) in [6.45, 7) is 3.84. The van der Waals surface area contributed by atoms with Crippen LogP contribution in [0, 0.1) is 12.7 Å². The van der Waals surface area contributed by atoms with Gasteiger partial charge in [-0.3, -0.25) is 0 Å². The Kier molecular flexibility index (Phi) is 2.86. The molecule has 0 aliphatic heterocycles. The minimum absolute atomic E-state index is 0.174. The summed E-state index contributed by atoms with van der Waals surface area (Å²) >= 11 is 0. The number of imidazole rings is 1. The number of halogens is 1. The number of nitrogens with zero attached hydrogens (tertiary/aromatic N) is 1. The molecule has 5 rings (SSSR count). The number of aromatic amines is 1. The van der Waals surface area contributed by atoms with E-state index in [2.05, 4.69) is 9.97 Å². The predicted octanol–water partition coefficient (Wildman–Crippen LogP) is 3.68. The Hall–Kier alpha value is -2.17. The fourth-order valence-electron chi connectivity index (χ4n) is 3.53. The Balaban J connectivity index is 1.89. The smallest absolute Gasteiger partial charge is 0.374 e. The van der Waals surface area contributed by atoms with Crippen LogP contribution in [0.15, 0.2) is 12.1 Å². The highest BCUT2D eigenvalue weighted by molar-refractivity contribution is 5.87. The highest BCUT2D eigenvalue weighted by Crippen LogP contribution is 2.55. The first-order chi connectivity index (χ1) is 10.6. The number of aryl methyl sites for hydroxylation is 1. The number of rotatable bonds is 2. The molecule has 0 radical (unpaired) electrons. The van der Waals surface area contributed by atoms with Crippen LogP contribution in [0.4, 0.5) is 4.39 Å². The fourth-order valence-corrected chi connectivity index (χ4v) is 3.53. The third-order valence-electron chi connectivity index (χ3n) is 4.77. The van der Waals surface area contributed by atoms with Gasteiger partial charge in [0.15, 0.2) is 0 Å². The number of esters is 1. The van der Waals surface area contributed by atoms with Gasteiger partial charge in [-0.15, -0.1) is 0 Å². The first-order valence-corrected chi connectivity index (χ1v) is 7.66. The average Bonchev–Trinajstić information content (AvgIpc) is 2.78. The average molecular weight is 300 g/mol. The second-order valence-electron chi connectivity index (χ2n) is 6.12. The summed E-state index contributed by atoms with van der Waals surface area (Å²) in [4.78, 5) is 19.5. The molecular weight excluding hydrogens is 283 g/mol. The van der Waals surface area contributed by atoms with Crippen molar-refractivity contribution in [3.8, 4) is 11.3 Å². The van der Waals surface area contributed by atoms with Gasteiger partial charge in [-0.25, -0.2) is 14.2 Å². The van der Waals surface area contributed by atoms with E-state index >= 15 is 0 Å². The van der Waals surface area contributed by atoms with Crippen LogP contribution in [0.3, 0.4) is 0 Å². The van der Waals surface area contributed by atoms with Crippen molar-refractivity contribution in [2.45, 2.75) is 38.5 Å². The predicted molar refractivity (Wildman–Crippen MR) is 79.4 cm³/mol. The lowest BCUT2D eigenvalue weighted by Crippen LogP contribution is -2.19. The molecule has 3 aliphatic rings. The van der Waals surface area contributed by atoms with Gasteiger partial charge in [0.2, 0.25) is 5.82 Å². The maximum atomic E-state index is 13.9. The molecule has 1 saturated carbocycles. The molecule has 4 nitrogen and oxygen atoms in total. The summed E-state index contributed by atoms with van der Waals surface area (Å²) in [5, 5.41) is 0. The maximum Gasteiger partial charge on any atom is 0.374 e. The van der Waals surface area contributed by atoms with E-state index in [0.717, 1.165) is 35.4 Å². The largest absolute Gasteiger partial charge is 0.460 e. The van der Waals surface area contributed by atoms with Gasteiger partial charge >= 0.3 is 5.97 Å². The molecule has 1 fully saturated rings. The molecule has 0 spiro atoms. The molecule has 2 bridgehead atoms. The zero-order chi connectivity index (χ0) is 15.4. The number of nitrogens with one attached hydrogen (secondary N) is 1. The summed E-state index contributed by atoms with van der Waals surface area (Å²) in [5.41, 5.74) is 4.34. The first-order valence-electron chi connectivity index (χ1n) is 7.66. The van der Waals surface area contributed by atoms with Gasteiger partial charge in [-0.2, -0.15) is 0 Å². The lowest BCUT2D eigenvalue weighted by molar-refractivity contribution is 0.0513. The van der Waals surface area contributed by atoms with Crippen LogP contribution in [0.1, 0.15) is 59.0 Å². The normalized spacial score (nSPS) is 21.4. The Morgan fingerprint density at radius 2 is 2.18 bits per heavy atom. The third-order valence-corrected chi connectivity index (χ3v) is 4.77. The molecule has 1 aromatic heterocycles. The molecule has 114 valence electrons. The van der Waals surface area contributed by atoms with Gasteiger partial charge in [0.1, 0.15) is 5.82 Å². The molecule has 0 saturated heterocycles. The number of H-pyrrole nitrogens is 1. The number of hydrogen-bond acceptors (Lipinski definition) is 3. The summed E-state index contributed by atoms with van der Waals surface area (Å²) in [6.07, 6.45) is 1.96. The Bertz CT molecular complexity index is 775. The van der Waals surface area contributed by atoms with Crippen LogP contribution < -0.4 is 0 Å². The van der Waals surface area contributed by atoms with Gasteiger partial charge < -0.3 is 9.72 Å². The highest BCUT2D eigenvalue weighted by atomic mass is 19.1. The number of benzene rings is 1.